The molecule has 0 aliphatic heterocycles. The van der Waals surface area contributed by atoms with E-state index in [9.17, 15) is 5.11 Å². The van der Waals surface area contributed by atoms with Gasteiger partial charge in [-0.2, -0.15) is 0 Å². The maximum atomic E-state index is 10.2. The first kappa shape index (κ1) is 9.95. The zero-order valence-corrected chi connectivity index (χ0v) is 10.1. The van der Waals surface area contributed by atoms with E-state index in [1.54, 1.807) is 0 Å². The Hall–Kier alpha value is -2.02. The van der Waals surface area contributed by atoms with Crippen LogP contribution in [0.2, 0.25) is 0 Å². The maximum Gasteiger partial charge on any atom is 0.119 e. The molecule has 0 heterocycles. The summed E-state index contributed by atoms with van der Waals surface area (Å²) in [7, 11) is 0. The summed E-state index contributed by atoms with van der Waals surface area (Å²) >= 11 is 0. The third kappa shape index (κ3) is 1.22. The molecule has 1 nitrogen and oxygen atoms in total. The van der Waals surface area contributed by atoms with Crippen molar-refractivity contribution in [3.05, 3.63) is 53.6 Å². The highest BCUT2D eigenvalue weighted by molar-refractivity contribution is 6.09. The average molecular weight is 234 g/mol. The molecule has 3 aromatic carbocycles. The Morgan fingerprint density at radius 1 is 0.778 bits per heavy atom. The standard InChI is InChI=1S/C17H14O/c18-17-10-16-12-5-2-1-4-11(12)8-9-14(16)13-6-3-7-15(13)17/h1-2,4-5,8-10,18H,3,6-7H2. The number of phenols is 1. The van der Waals surface area contributed by atoms with Crippen LogP contribution in [0, 0.1) is 0 Å². The Bertz CT molecular complexity index is 771. The molecule has 0 fully saturated rings. The van der Waals surface area contributed by atoms with Crippen molar-refractivity contribution in [3.63, 3.8) is 0 Å². The highest BCUT2D eigenvalue weighted by atomic mass is 16.3. The molecule has 0 radical (unpaired) electrons. The zero-order valence-electron chi connectivity index (χ0n) is 10.1. The molecule has 18 heavy (non-hydrogen) atoms. The van der Waals surface area contributed by atoms with Crippen LogP contribution < -0.4 is 0 Å². The minimum Gasteiger partial charge on any atom is -0.508 e. The van der Waals surface area contributed by atoms with E-state index in [1.165, 1.54) is 27.1 Å². The minimum absolute atomic E-state index is 0.478. The lowest BCUT2D eigenvalue weighted by Gasteiger charge is -2.10. The Balaban J connectivity index is 2.24. The van der Waals surface area contributed by atoms with Crippen molar-refractivity contribution in [2.75, 3.05) is 0 Å². The smallest absolute Gasteiger partial charge is 0.119 e. The topological polar surface area (TPSA) is 20.2 Å². The van der Waals surface area contributed by atoms with E-state index in [2.05, 4.69) is 36.4 Å². The molecule has 0 unspecified atom stereocenters. The van der Waals surface area contributed by atoms with Crippen LogP contribution in [-0.4, -0.2) is 5.11 Å². The summed E-state index contributed by atoms with van der Waals surface area (Å²) in [6.45, 7) is 0. The average Bonchev–Trinajstić information content (AvgIpc) is 2.89. The molecule has 1 aliphatic rings. The van der Waals surface area contributed by atoms with Gasteiger partial charge in [0.15, 0.2) is 0 Å². The molecular weight excluding hydrogens is 220 g/mol. The van der Waals surface area contributed by atoms with Crippen molar-refractivity contribution < 1.29 is 5.11 Å². The molecular formula is C17H14O. The van der Waals surface area contributed by atoms with Crippen LogP contribution in [0.5, 0.6) is 5.75 Å². The number of benzene rings is 3. The SMILES string of the molecule is Oc1cc2c(ccc3ccccc32)c2c1CCC2. The van der Waals surface area contributed by atoms with E-state index in [-0.39, 0.29) is 0 Å². The van der Waals surface area contributed by atoms with Crippen molar-refractivity contribution in [1.82, 2.24) is 0 Å². The molecule has 0 amide bonds. The lowest BCUT2D eigenvalue weighted by Crippen LogP contribution is -1.87. The molecule has 0 atom stereocenters. The van der Waals surface area contributed by atoms with Gasteiger partial charge in [-0.05, 0) is 58.0 Å². The van der Waals surface area contributed by atoms with Crippen LogP contribution in [0.25, 0.3) is 21.5 Å². The fourth-order valence-electron chi connectivity index (χ4n) is 3.26. The van der Waals surface area contributed by atoms with Crippen LogP contribution in [0.4, 0.5) is 0 Å². The number of hydrogen-bond donors (Lipinski definition) is 1. The largest absolute Gasteiger partial charge is 0.508 e. The summed E-state index contributed by atoms with van der Waals surface area (Å²) in [6.07, 6.45) is 3.28. The van der Waals surface area contributed by atoms with Gasteiger partial charge in [-0.15, -0.1) is 0 Å². The number of rotatable bonds is 0. The number of aryl methyl sites for hydroxylation is 1. The molecule has 0 bridgehead atoms. The van der Waals surface area contributed by atoms with Gasteiger partial charge in [-0.1, -0.05) is 36.4 Å². The van der Waals surface area contributed by atoms with Crippen LogP contribution in [0.15, 0.2) is 42.5 Å². The van der Waals surface area contributed by atoms with Crippen molar-refractivity contribution in [3.8, 4) is 5.75 Å². The van der Waals surface area contributed by atoms with Crippen molar-refractivity contribution in [2.24, 2.45) is 0 Å². The van der Waals surface area contributed by atoms with Gasteiger partial charge in [0.25, 0.3) is 0 Å². The monoisotopic (exact) mass is 234 g/mol. The summed E-state index contributed by atoms with van der Waals surface area (Å²) in [5.41, 5.74) is 2.52. The summed E-state index contributed by atoms with van der Waals surface area (Å²) in [6, 6.07) is 14.7. The predicted octanol–water partition coefficient (Wildman–Crippen LogP) is 4.19. The van der Waals surface area contributed by atoms with Crippen LogP contribution >= 0.6 is 0 Å². The fourth-order valence-corrected chi connectivity index (χ4v) is 3.26. The van der Waals surface area contributed by atoms with Crippen molar-refractivity contribution >= 4 is 21.5 Å². The van der Waals surface area contributed by atoms with E-state index in [1.807, 2.05) is 6.07 Å². The Labute approximate surface area is 106 Å². The first-order chi connectivity index (χ1) is 8.84. The molecule has 3 aromatic rings. The summed E-state index contributed by atoms with van der Waals surface area (Å²) in [5.74, 6) is 0.478. The van der Waals surface area contributed by atoms with Gasteiger partial charge in [0.05, 0.1) is 0 Å². The first-order valence-electron chi connectivity index (χ1n) is 6.50. The van der Waals surface area contributed by atoms with E-state index in [4.69, 9.17) is 0 Å². The molecule has 0 spiro atoms. The van der Waals surface area contributed by atoms with Gasteiger partial charge >= 0.3 is 0 Å². The summed E-state index contributed by atoms with van der Waals surface area (Å²) in [4.78, 5) is 0. The molecule has 1 heteroatoms. The number of aromatic hydroxyl groups is 1. The van der Waals surface area contributed by atoms with Gasteiger partial charge in [-0.3, -0.25) is 0 Å². The van der Waals surface area contributed by atoms with E-state index < -0.39 is 0 Å². The number of phenolic OH excluding ortho intramolecular Hbond substituents is 1. The molecule has 0 saturated heterocycles. The third-order valence-electron chi connectivity index (χ3n) is 4.10. The Morgan fingerprint density at radius 3 is 2.56 bits per heavy atom. The van der Waals surface area contributed by atoms with Crippen molar-refractivity contribution in [1.29, 1.82) is 0 Å². The van der Waals surface area contributed by atoms with E-state index in [0.717, 1.165) is 24.8 Å². The second-order valence-electron chi connectivity index (χ2n) is 5.09. The van der Waals surface area contributed by atoms with Gasteiger partial charge in [-0.25, -0.2) is 0 Å². The normalized spacial score (nSPS) is 14.2. The van der Waals surface area contributed by atoms with E-state index >= 15 is 0 Å². The second-order valence-corrected chi connectivity index (χ2v) is 5.09. The second kappa shape index (κ2) is 3.49. The van der Waals surface area contributed by atoms with Crippen LogP contribution in [0.3, 0.4) is 0 Å². The Kier molecular flexibility index (Phi) is 1.93. The highest BCUT2D eigenvalue weighted by Crippen LogP contribution is 2.38. The van der Waals surface area contributed by atoms with Crippen molar-refractivity contribution in [2.45, 2.75) is 19.3 Å². The van der Waals surface area contributed by atoms with Gasteiger partial charge in [0, 0.05) is 0 Å². The summed E-state index contributed by atoms with van der Waals surface area (Å²) < 4.78 is 0. The fraction of sp³-hybridized carbons (Fsp3) is 0.176. The molecule has 1 N–H and O–H groups in total. The Morgan fingerprint density at radius 2 is 1.61 bits per heavy atom. The number of hydrogen-bond acceptors (Lipinski definition) is 1. The molecule has 1 aliphatic carbocycles. The van der Waals surface area contributed by atoms with Gasteiger partial charge in [0.1, 0.15) is 5.75 Å². The summed E-state index contributed by atoms with van der Waals surface area (Å²) in [5, 5.41) is 15.2. The van der Waals surface area contributed by atoms with Gasteiger partial charge < -0.3 is 5.11 Å². The molecule has 88 valence electrons. The zero-order chi connectivity index (χ0) is 12.1. The third-order valence-corrected chi connectivity index (χ3v) is 4.10. The van der Waals surface area contributed by atoms with Crippen LogP contribution in [0.1, 0.15) is 17.5 Å². The lowest BCUT2D eigenvalue weighted by atomic mass is 9.95. The molecule has 4 rings (SSSR count). The maximum absolute atomic E-state index is 10.2. The quantitative estimate of drug-likeness (QED) is 0.578. The predicted molar refractivity (Wildman–Crippen MR) is 75.1 cm³/mol. The first-order valence-corrected chi connectivity index (χ1v) is 6.50. The number of fused-ring (bicyclic) bond motifs is 5. The van der Waals surface area contributed by atoms with Gasteiger partial charge in [0.2, 0.25) is 0 Å². The molecule has 0 aromatic heterocycles. The lowest BCUT2D eigenvalue weighted by molar-refractivity contribution is 0.470. The minimum atomic E-state index is 0.478. The van der Waals surface area contributed by atoms with E-state index in [0.29, 0.717) is 5.75 Å². The highest BCUT2D eigenvalue weighted by Gasteiger charge is 2.18. The van der Waals surface area contributed by atoms with Crippen LogP contribution in [-0.2, 0) is 12.8 Å². The molecule has 0 saturated carbocycles.